The highest BCUT2D eigenvalue weighted by atomic mass is 32.2. The van der Waals surface area contributed by atoms with Gasteiger partial charge in [0.15, 0.2) is 0 Å². The second kappa shape index (κ2) is 8.07. The van der Waals surface area contributed by atoms with Gasteiger partial charge in [0.05, 0.1) is 30.0 Å². The first-order chi connectivity index (χ1) is 12.2. The zero-order valence-electron chi connectivity index (χ0n) is 13.9. The molecule has 6 heteroatoms. The number of hydrogen-bond acceptors (Lipinski definition) is 5. The van der Waals surface area contributed by atoms with Gasteiger partial charge in [-0.1, -0.05) is 48.2 Å². The molecule has 1 aliphatic rings. The lowest BCUT2D eigenvalue weighted by Crippen LogP contribution is -2.29. The molecule has 0 aromatic heterocycles. The Kier molecular flexibility index (Phi) is 5.60. The van der Waals surface area contributed by atoms with Crippen molar-refractivity contribution in [3.05, 3.63) is 53.6 Å². The Morgan fingerprint density at radius 1 is 1.24 bits per heavy atom. The lowest BCUT2D eigenvalue weighted by molar-refractivity contribution is -0.137. The molecule has 3 rings (SSSR count). The number of carbonyl (C=O) groups is 2. The molecular formula is C19H19NO4S. The van der Waals surface area contributed by atoms with Crippen LogP contribution in [0.1, 0.15) is 6.92 Å². The van der Waals surface area contributed by atoms with Crippen molar-refractivity contribution < 1.29 is 19.1 Å². The fourth-order valence-corrected chi connectivity index (χ4v) is 3.58. The van der Waals surface area contributed by atoms with Gasteiger partial charge in [0.25, 0.3) is 0 Å². The number of carbonyl (C=O) groups excluding carboxylic acids is 2. The van der Waals surface area contributed by atoms with E-state index in [4.69, 9.17) is 9.47 Å². The van der Waals surface area contributed by atoms with E-state index in [2.05, 4.69) is 0 Å². The molecule has 1 aliphatic heterocycles. The van der Waals surface area contributed by atoms with Crippen molar-refractivity contribution in [2.75, 3.05) is 25.5 Å². The van der Waals surface area contributed by atoms with Crippen LogP contribution in [-0.2, 0) is 14.3 Å². The molecule has 2 aromatic rings. The molecule has 0 spiro atoms. The topological polar surface area (TPSA) is 55.8 Å². The summed E-state index contributed by atoms with van der Waals surface area (Å²) in [7, 11) is 0. The van der Waals surface area contributed by atoms with Gasteiger partial charge < -0.3 is 14.4 Å². The Hall–Kier alpha value is -2.47. The first-order valence-electron chi connectivity index (χ1n) is 8.11. The molecule has 0 unspecified atom stereocenters. The van der Waals surface area contributed by atoms with E-state index >= 15 is 0 Å². The summed E-state index contributed by atoms with van der Waals surface area (Å²) in [5.74, 6) is 0.662. The van der Waals surface area contributed by atoms with Gasteiger partial charge in [-0.15, -0.1) is 0 Å². The number of thioether (sulfide) groups is 1. The standard InChI is InChI=1S/C19H19NO4S/c1-2-23-19(22)12-18-20(17(21)13-25-18)10-11-24-16-9-5-7-14-6-3-4-8-15(14)16/h3-9,12H,2,10-11,13H2,1H3/b18-12-. The molecule has 130 valence electrons. The van der Waals surface area contributed by atoms with Gasteiger partial charge in [0, 0.05) is 5.39 Å². The van der Waals surface area contributed by atoms with E-state index in [0.717, 1.165) is 16.5 Å². The molecule has 0 saturated carbocycles. The number of nitrogens with zero attached hydrogens (tertiary/aromatic N) is 1. The van der Waals surface area contributed by atoms with Crippen LogP contribution in [0.25, 0.3) is 10.8 Å². The average molecular weight is 357 g/mol. The average Bonchev–Trinajstić information content (AvgIpc) is 2.95. The first kappa shape index (κ1) is 17.4. The quantitative estimate of drug-likeness (QED) is 0.587. The van der Waals surface area contributed by atoms with Crippen LogP contribution in [-0.4, -0.2) is 42.3 Å². The molecule has 25 heavy (non-hydrogen) atoms. The highest BCUT2D eigenvalue weighted by molar-refractivity contribution is 8.04. The van der Waals surface area contributed by atoms with E-state index in [1.54, 1.807) is 11.8 Å². The van der Waals surface area contributed by atoms with E-state index in [0.29, 0.717) is 30.5 Å². The number of hydrogen-bond donors (Lipinski definition) is 0. The predicted octanol–water partition coefficient (Wildman–Crippen LogP) is 3.20. The monoisotopic (exact) mass is 357 g/mol. The van der Waals surface area contributed by atoms with Crippen LogP contribution in [0.2, 0.25) is 0 Å². The Labute approximate surface area is 150 Å². The summed E-state index contributed by atoms with van der Waals surface area (Å²) in [6, 6.07) is 13.9. The summed E-state index contributed by atoms with van der Waals surface area (Å²) in [4.78, 5) is 25.2. The second-order valence-electron chi connectivity index (χ2n) is 5.39. The van der Waals surface area contributed by atoms with Crippen molar-refractivity contribution in [1.82, 2.24) is 4.90 Å². The SMILES string of the molecule is CCOC(=O)/C=C1\SCC(=O)N1CCOc1cccc2ccccc12. The number of rotatable bonds is 6. The molecule has 1 fully saturated rings. The maximum atomic E-state index is 12.0. The summed E-state index contributed by atoms with van der Waals surface area (Å²) in [5, 5.41) is 2.76. The van der Waals surface area contributed by atoms with Gasteiger partial charge in [-0.25, -0.2) is 4.79 Å². The zero-order chi connectivity index (χ0) is 17.6. The van der Waals surface area contributed by atoms with Gasteiger partial charge in [-0.3, -0.25) is 4.79 Å². The van der Waals surface area contributed by atoms with Gasteiger partial charge in [-0.05, 0) is 18.4 Å². The Balaban J connectivity index is 1.65. The molecule has 0 atom stereocenters. The van der Waals surface area contributed by atoms with Crippen LogP contribution < -0.4 is 4.74 Å². The minimum Gasteiger partial charge on any atom is -0.491 e. The highest BCUT2D eigenvalue weighted by Crippen LogP contribution is 2.29. The third-order valence-electron chi connectivity index (χ3n) is 3.76. The maximum absolute atomic E-state index is 12.0. The van der Waals surface area contributed by atoms with Crippen LogP contribution in [0, 0.1) is 0 Å². The summed E-state index contributed by atoms with van der Waals surface area (Å²) in [6.45, 7) is 2.80. The molecule has 1 amide bonds. The Morgan fingerprint density at radius 2 is 2.04 bits per heavy atom. The summed E-state index contributed by atoms with van der Waals surface area (Å²) in [6.07, 6.45) is 1.37. The van der Waals surface area contributed by atoms with E-state index in [1.807, 2.05) is 42.5 Å². The van der Waals surface area contributed by atoms with Crippen molar-refractivity contribution in [3.8, 4) is 5.75 Å². The fraction of sp³-hybridized carbons (Fsp3) is 0.263. The van der Waals surface area contributed by atoms with Crippen molar-refractivity contribution in [2.24, 2.45) is 0 Å². The Bertz CT molecular complexity index is 813. The molecule has 1 saturated heterocycles. The minimum absolute atomic E-state index is 0.0259. The van der Waals surface area contributed by atoms with Crippen LogP contribution in [0.15, 0.2) is 53.6 Å². The third-order valence-corrected chi connectivity index (χ3v) is 4.79. The molecule has 2 aromatic carbocycles. The fourth-order valence-electron chi connectivity index (χ4n) is 2.62. The van der Waals surface area contributed by atoms with E-state index in [1.165, 1.54) is 17.8 Å². The van der Waals surface area contributed by atoms with Crippen LogP contribution in [0.4, 0.5) is 0 Å². The number of fused-ring (bicyclic) bond motifs is 1. The molecule has 0 bridgehead atoms. The second-order valence-corrected chi connectivity index (χ2v) is 6.39. The highest BCUT2D eigenvalue weighted by Gasteiger charge is 2.27. The lowest BCUT2D eigenvalue weighted by atomic mass is 10.1. The molecule has 0 aliphatic carbocycles. The van der Waals surface area contributed by atoms with Crippen LogP contribution >= 0.6 is 11.8 Å². The van der Waals surface area contributed by atoms with Gasteiger partial charge in [0.1, 0.15) is 12.4 Å². The van der Waals surface area contributed by atoms with E-state index in [9.17, 15) is 9.59 Å². The lowest BCUT2D eigenvalue weighted by Gasteiger charge is -2.17. The Morgan fingerprint density at radius 3 is 2.88 bits per heavy atom. The van der Waals surface area contributed by atoms with Gasteiger partial charge in [0.2, 0.25) is 5.91 Å². The normalized spacial score (nSPS) is 15.8. The van der Waals surface area contributed by atoms with E-state index in [-0.39, 0.29) is 5.91 Å². The number of esters is 1. The van der Waals surface area contributed by atoms with Crippen LogP contribution in [0.5, 0.6) is 5.75 Å². The van der Waals surface area contributed by atoms with Gasteiger partial charge >= 0.3 is 5.97 Å². The molecule has 1 heterocycles. The van der Waals surface area contributed by atoms with Crippen molar-refractivity contribution in [3.63, 3.8) is 0 Å². The first-order valence-corrected chi connectivity index (χ1v) is 9.10. The van der Waals surface area contributed by atoms with Gasteiger partial charge in [-0.2, -0.15) is 0 Å². The molecule has 0 N–H and O–H groups in total. The molecule has 0 radical (unpaired) electrons. The number of benzene rings is 2. The molecular weight excluding hydrogens is 338 g/mol. The smallest absolute Gasteiger partial charge is 0.333 e. The summed E-state index contributed by atoms with van der Waals surface area (Å²) < 4.78 is 10.8. The van der Waals surface area contributed by atoms with Crippen molar-refractivity contribution in [1.29, 1.82) is 0 Å². The minimum atomic E-state index is -0.431. The predicted molar refractivity (Wildman–Crippen MR) is 98.3 cm³/mol. The van der Waals surface area contributed by atoms with Crippen molar-refractivity contribution in [2.45, 2.75) is 6.92 Å². The van der Waals surface area contributed by atoms with E-state index < -0.39 is 5.97 Å². The molecule has 5 nitrogen and oxygen atoms in total. The summed E-state index contributed by atoms with van der Waals surface area (Å²) in [5.41, 5.74) is 0. The van der Waals surface area contributed by atoms with Crippen LogP contribution in [0.3, 0.4) is 0 Å². The number of ether oxygens (including phenoxy) is 2. The third kappa shape index (κ3) is 4.14. The largest absolute Gasteiger partial charge is 0.491 e. The van der Waals surface area contributed by atoms with Crippen molar-refractivity contribution >= 4 is 34.4 Å². The summed E-state index contributed by atoms with van der Waals surface area (Å²) >= 11 is 1.34. The zero-order valence-corrected chi connectivity index (χ0v) is 14.8. The number of amides is 1. The maximum Gasteiger partial charge on any atom is 0.333 e.